The molecule has 0 aliphatic carbocycles. The molecule has 0 radical (unpaired) electrons. The van der Waals surface area contributed by atoms with Crippen molar-refractivity contribution < 1.29 is 28.5 Å². The zero-order valence-corrected chi connectivity index (χ0v) is 14.4. The second kappa shape index (κ2) is 15.7. The molecule has 0 atom stereocenters. The molecule has 134 valence electrons. The molecule has 0 saturated heterocycles. The predicted molar refractivity (Wildman–Crippen MR) is 91.4 cm³/mol. The van der Waals surface area contributed by atoms with Gasteiger partial charge >= 0.3 is 11.9 Å². The van der Waals surface area contributed by atoms with Crippen LogP contribution in [0.5, 0.6) is 0 Å². The van der Waals surface area contributed by atoms with Crippen LogP contribution < -0.4 is 0 Å². The second-order valence-corrected chi connectivity index (χ2v) is 4.52. The van der Waals surface area contributed by atoms with Crippen molar-refractivity contribution in [2.75, 3.05) is 39.6 Å². The van der Waals surface area contributed by atoms with E-state index in [1.165, 1.54) is 19.4 Å². The topological polar surface area (TPSA) is 71.1 Å². The first-order valence-electron chi connectivity index (χ1n) is 7.66. The molecule has 0 saturated carbocycles. The van der Waals surface area contributed by atoms with E-state index in [9.17, 15) is 9.59 Å². The van der Waals surface area contributed by atoms with E-state index >= 15 is 0 Å². The molecule has 6 nitrogen and oxygen atoms in total. The number of esters is 2. The minimum absolute atomic E-state index is 0.253. The third kappa shape index (κ3) is 16.2. The Morgan fingerprint density at radius 3 is 1.58 bits per heavy atom. The van der Waals surface area contributed by atoms with Crippen LogP contribution in [0.3, 0.4) is 0 Å². The Labute approximate surface area is 143 Å². The molecule has 1 aromatic rings. The van der Waals surface area contributed by atoms with Crippen LogP contribution in [0.25, 0.3) is 6.08 Å². The smallest absolute Gasteiger partial charge is 0.302 e. The largest absolute Gasteiger partial charge is 0.463 e. The van der Waals surface area contributed by atoms with Gasteiger partial charge in [0.15, 0.2) is 0 Å². The molecule has 1 aromatic carbocycles. The predicted octanol–water partition coefficient (Wildman–Crippen LogP) is 2.48. The highest BCUT2D eigenvalue weighted by atomic mass is 16.6. The summed E-state index contributed by atoms with van der Waals surface area (Å²) in [4.78, 5) is 20.7. The number of benzene rings is 1. The molecular formula is C18H26O6. The molecule has 0 N–H and O–H groups in total. The van der Waals surface area contributed by atoms with Crippen LogP contribution in [-0.4, -0.2) is 51.6 Å². The van der Waals surface area contributed by atoms with Crippen LogP contribution in [-0.2, 0) is 28.5 Å². The molecular weight excluding hydrogens is 312 g/mol. The second-order valence-electron chi connectivity index (χ2n) is 4.52. The molecule has 0 amide bonds. The summed E-state index contributed by atoms with van der Waals surface area (Å²) in [5.74, 6) is -0.637. The normalized spacial score (nSPS) is 9.42. The molecule has 0 aliphatic rings. The van der Waals surface area contributed by atoms with Gasteiger partial charge < -0.3 is 18.9 Å². The first kappa shape index (κ1) is 21.8. The summed E-state index contributed by atoms with van der Waals surface area (Å²) >= 11 is 0. The molecule has 0 spiro atoms. The fraction of sp³-hybridized carbons (Fsp3) is 0.444. The van der Waals surface area contributed by atoms with E-state index < -0.39 is 0 Å². The van der Waals surface area contributed by atoms with Crippen LogP contribution in [0.4, 0.5) is 0 Å². The van der Waals surface area contributed by atoms with Crippen molar-refractivity contribution in [3.63, 3.8) is 0 Å². The van der Waals surface area contributed by atoms with Crippen LogP contribution in [0.2, 0.25) is 0 Å². The minimum Gasteiger partial charge on any atom is -0.463 e. The maximum absolute atomic E-state index is 10.4. The molecule has 1 rings (SSSR count). The van der Waals surface area contributed by atoms with Crippen molar-refractivity contribution in [3.05, 3.63) is 42.5 Å². The highest BCUT2D eigenvalue weighted by molar-refractivity contribution is 5.66. The molecule has 0 heterocycles. The Balaban J connectivity index is 0.000000546. The zero-order chi connectivity index (χ0) is 18.0. The number of ether oxygens (including phenoxy) is 4. The number of rotatable bonds is 10. The number of hydrogen-bond acceptors (Lipinski definition) is 6. The lowest BCUT2D eigenvalue weighted by atomic mass is 10.2. The van der Waals surface area contributed by atoms with Crippen molar-refractivity contribution in [1.29, 1.82) is 0 Å². The summed E-state index contributed by atoms with van der Waals surface area (Å²) in [5.41, 5.74) is 1.17. The minimum atomic E-state index is -0.318. The van der Waals surface area contributed by atoms with E-state index in [2.05, 4.69) is 16.1 Å². The van der Waals surface area contributed by atoms with Gasteiger partial charge in [0.1, 0.15) is 13.2 Å². The van der Waals surface area contributed by atoms with Crippen molar-refractivity contribution in [3.8, 4) is 0 Å². The fourth-order valence-corrected chi connectivity index (χ4v) is 1.40. The maximum Gasteiger partial charge on any atom is 0.302 e. The summed E-state index contributed by atoms with van der Waals surface area (Å²) in [5, 5.41) is 0. The lowest BCUT2D eigenvalue weighted by Crippen LogP contribution is -2.13. The van der Waals surface area contributed by atoms with Gasteiger partial charge in [0.05, 0.1) is 26.4 Å². The summed E-state index contributed by atoms with van der Waals surface area (Å²) in [6.45, 7) is 8.37. The zero-order valence-electron chi connectivity index (χ0n) is 14.4. The van der Waals surface area contributed by atoms with Gasteiger partial charge in [-0.2, -0.15) is 0 Å². The average molecular weight is 338 g/mol. The van der Waals surface area contributed by atoms with Gasteiger partial charge in [0, 0.05) is 13.8 Å². The molecule has 0 bridgehead atoms. The summed E-state index contributed by atoms with van der Waals surface area (Å²) < 4.78 is 19.5. The molecule has 0 aliphatic heterocycles. The molecule has 0 unspecified atom stereocenters. The quantitative estimate of drug-likeness (QED) is 0.482. The first-order chi connectivity index (χ1) is 11.6. The van der Waals surface area contributed by atoms with E-state index in [0.29, 0.717) is 26.4 Å². The fourth-order valence-electron chi connectivity index (χ4n) is 1.40. The van der Waals surface area contributed by atoms with E-state index in [4.69, 9.17) is 9.47 Å². The highest BCUT2D eigenvalue weighted by Gasteiger charge is 1.94. The van der Waals surface area contributed by atoms with Crippen molar-refractivity contribution in [2.45, 2.75) is 13.8 Å². The van der Waals surface area contributed by atoms with Crippen LogP contribution in [0.1, 0.15) is 19.4 Å². The standard InChI is InChI=1S/C10H18O6.C8H8/c1-9(11)15-7-5-13-3-4-14-6-8-16-10(2)12;1-2-8-6-4-3-5-7-8/h3-8H2,1-2H3;2-7H,1H2. The van der Waals surface area contributed by atoms with Crippen molar-refractivity contribution >= 4 is 18.0 Å². The lowest BCUT2D eigenvalue weighted by molar-refractivity contribution is -0.144. The average Bonchev–Trinajstić information content (AvgIpc) is 2.57. The third-order valence-electron chi connectivity index (χ3n) is 2.47. The Hall–Kier alpha value is -2.18. The van der Waals surface area contributed by atoms with Gasteiger partial charge in [-0.3, -0.25) is 9.59 Å². The van der Waals surface area contributed by atoms with Gasteiger partial charge in [-0.25, -0.2) is 0 Å². The Kier molecular flexibility index (Phi) is 14.3. The third-order valence-corrected chi connectivity index (χ3v) is 2.47. The lowest BCUT2D eigenvalue weighted by Gasteiger charge is -2.06. The maximum atomic E-state index is 10.4. The first-order valence-corrected chi connectivity index (χ1v) is 7.66. The van der Waals surface area contributed by atoms with Crippen molar-refractivity contribution in [1.82, 2.24) is 0 Å². The highest BCUT2D eigenvalue weighted by Crippen LogP contribution is 1.97. The SMILES string of the molecule is C=Cc1ccccc1.CC(=O)OCCOCCOCCOC(C)=O. The van der Waals surface area contributed by atoms with E-state index in [1.807, 2.05) is 36.4 Å². The molecule has 0 aromatic heterocycles. The summed E-state index contributed by atoms with van der Waals surface area (Å²) in [6, 6.07) is 10.0. The summed E-state index contributed by atoms with van der Waals surface area (Å²) in [7, 11) is 0. The number of carbonyl (C=O) groups excluding carboxylic acids is 2. The van der Waals surface area contributed by atoms with Gasteiger partial charge in [0.25, 0.3) is 0 Å². The monoisotopic (exact) mass is 338 g/mol. The summed E-state index contributed by atoms with van der Waals surface area (Å²) in [6.07, 6.45) is 1.83. The van der Waals surface area contributed by atoms with E-state index in [0.717, 1.165) is 0 Å². The molecule has 6 heteroatoms. The van der Waals surface area contributed by atoms with Gasteiger partial charge in [-0.15, -0.1) is 0 Å². The Morgan fingerprint density at radius 2 is 1.25 bits per heavy atom. The molecule has 24 heavy (non-hydrogen) atoms. The van der Waals surface area contributed by atoms with Crippen LogP contribution in [0.15, 0.2) is 36.9 Å². The van der Waals surface area contributed by atoms with E-state index in [-0.39, 0.29) is 25.2 Å². The van der Waals surface area contributed by atoms with Crippen LogP contribution >= 0.6 is 0 Å². The van der Waals surface area contributed by atoms with Crippen molar-refractivity contribution in [2.24, 2.45) is 0 Å². The van der Waals surface area contributed by atoms with E-state index in [1.54, 1.807) is 0 Å². The van der Waals surface area contributed by atoms with Gasteiger partial charge in [0.2, 0.25) is 0 Å². The number of carbonyl (C=O) groups is 2. The van der Waals surface area contributed by atoms with Crippen LogP contribution in [0, 0.1) is 0 Å². The van der Waals surface area contributed by atoms with Gasteiger partial charge in [-0.1, -0.05) is 43.0 Å². The number of hydrogen-bond donors (Lipinski definition) is 0. The van der Waals surface area contributed by atoms with Gasteiger partial charge in [-0.05, 0) is 5.56 Å². The Bertz CT molecular complexity index is 436. The Morgan fingerprint density at radius 1 is 0.833 bits per heavy atom. The molecule has 0 fully saturated rings.